The molecule has 114 valence electrons. The van der Waals surface area contributed by atoms with E-state index in [-0.39, 0.29) is 11.7 Å². The molecule has 1 amide bonds. The van der Waals surface area contributed by atoms with Crippen molar-refractivity contribution in [2.45, 2.75) is 18.2 Å². The maximum atomic E-state index is 12.0. The van der Waals surface area contributed by atoms with E-state index in [0.29, 0.717) is 12.1 Å². The molecule has 2 N–H and O–H groups in total. The number of carbonyl (C=O) groups excluding carboxylic acids is 1. The number of amides is 1. The van der Waals surface area contributed by atoms with Crippen molar-refractivity contribution < 1.29 is 14.7 Å². The number of carbonyl (C=O) groups is 2. The van der Waals surface area contributed by atoms with Crippen molar-refractivity contribution in [2.75, 3.05) is 11.1 Å². The Morgan fingerprint density at radius 3 is 2.27 bits per heavy atom. The van der Waals surface area contributed by atoms with Gasteiger partial charge >= 0.3 is 5.97 Å². The summed E-state index contributed by atoms with van der Waals surface area (Å²) >= 11 is 1.25. The van der Waals surface area contributed by atoms with Crippen LogP contribution in [0.4, 0.5) is 5.69 Å². The molecule has 0 spiro atoms. The van der Waals surface area contributed by atoms with Crippen molar-refractivity contribution in [2.24, 2.45) is 0 Å². The third-order valence-corrected chi connectivity index (χ3v) is 3.98. The maximum Gasteiger partial charge on any atom is 0.313 e. The first-order valence-corrected chi connectivity index (χ1v) is 7.81. The first kappa shape index (κ1) is 16.1. The van der Waals surface area contributed by atoms with Crippen LogP contribution in [0.3, 0.4) is 0 Å². The van der Waals surface area contributed by atoms with E-state index in [9.17, 15) is 9.59 Å². The van der Waals surface area contributed by atoms with Crippen molar-refractivity contribution in [1.82, 2.24) is 0 Å². The van der Waals surface area contributed by atoms with Crippen LogP contribution in [0.2, 0.25) is 0 Å². The number of hydrogen-bond donors (Lipinski definition) is 2. The molecule has 0 aromatic heterocycles. The number of rotatable bonds is 6. The van der Waals surface area contributed by atoms with Crippen LogP contribution in [0.25, 0.3) is 0 Å². The van der Waals surface area contributed by atoms with E-state index < -0.39 is 5.97 Å². The number of nitrogens with one attached hydrogen (secondary N) is 1. The van der Waals surface area contributed by atoms with Crippen LogP contribution in [-0.4, -0.2) is 22.7 Å². The Bertz CT molecular complexity index is 651. The molecule has 0 radical (unpaired) electrons. The van der Waals surface area contributed by atoms with E-state index in [4.69, 9.17) is 5.11 Å². The van der Waals surface area contributed by atoms with Crippen molar-refractivity contribution in [3.63, 3.8) is 0 Å². The van der Waals surface area contributed by atoms with Crippen LogP contribution >= 0.6 is 11.8 Å². The summed E-state index contributed by atoms with van der Waals surface area (Å²) in [5, 5.41) is 11.5. The van der Waals surface area contributed by atoms with Crippen molar-refractivity contribution in [3.8, 4) is 0 Å². The van der Waals surface area contributed by atoms with E-state index in [1.165, 1.54) is 17.3 Å². The molecule has 0 unspecified atom stereocenters. The molecule has 2 aromatic rings. The lowest BCUT2D eigenvalue weighted by Gasteiger charge is -2.06. The Labute approximate surface area is 133 Å². The van der Waals surface area contributed by atoms with Crippen LogP contribution < -0.4 is 5.32 Å². The molecule has 0 aliphatic heterocycles. The summed E-state index contributed by atoms with van der Waals surface area (Å²) in [5.74, 6) is -0.894. The van der Waals surface area contributed by atoms with Gasteiger partial charge in [-0.3, -0.25) is 9.59 Å². The van der Waals surface area contributed by atoms with Gasteiger partial charge in [0.2, 0.25) is 5.91 Å². The van der Waals surface area contributed by atoms with Crippen molar-refractivity contribution in [3.05, 3.63) is 59.7 Å². The summed E-state index contributed by atoms with van der Waals surface area (Å²) in [6.45, 7) is 2.01. The molecule has 0 heterocycles. The molecular formula is C17H17NO3S. The van der Waals surface area contributed by atoms with E-state index in [2.05, 4.69) is 5.32 Å². The summed E-state index contributed by atoms with van der Waals surface area (Å²) in [6.07, 6.45) is 0.329. The zero-order valence-corrected chi connectivity index (χ0v) is 13.0. The smallest absolute Gasteiger partial charge is 0.313 e. The minimum atomic E-state index is -0.847. The number of carboxylic acids is 1. The minimum absolute atomic E-state index is 0.0269. The third-order valence-electron chi connectivity index (χ3n) is 2.99. The molecule has 5 heteroatoms. The lowest BCUT2D eigenvalue weighted by Crippen LogP contribution is -2.14. The van der Waals surface area contributed by atoms with Gasteiger partial charge in [0, 0.05) is 10.6 Å². The van der Waals surface area contributed by atoms with Gasteiger partial charge in [-0.05, 0) is 36.8 Å². The Morgan fingerprint density at radius 2 is 1.68 bits per heavy atom. The molecule has 2 aromatic carbocycles. The van der Waals surface area contributed by atoms with Gasteiger partial charge in [-0.15, -0.1) is 11.8 Å². The molecule has 22 heavy (non-hydrogen) atoms. The van der Waals surface area contributed by atoms with Crippen LogP contribution in [0.15, 0.2) is 53.4 Å². The Morgan fingerprint density at radius 1 is 1.05 bits per heavy atom. The Kier molecular flexibility index (Phi) is 5.61. The quantitative estimate of drug-likeness (QED) is 0.802. The number of hydrogen-bond acceptors (Lipinski definition) is 3. The van der Waals surface area contributed by atoms with E-state index in [0.717, 1.165) is 10.5 Å². The number of carboxylic acid groups (broad SMARTS) is 1. The highest BCUT2D eigenvalue weighted by Crippen LogP contribution is 2.20. The fraction of sp³-hybridized carbons (Fsp3) is 0.176. The fourth-order valence-electron chi connectivity index (χ4n) is 1.88. The third kappa shape index (κ3) is 5.26. The van der Waals surface area contributed by atoms with E-state index >= 15 is 0 Å². The average molecular weight is 315 g/mol. The topological polar surface area (TPSA) is 66.4 Å². The van der Waals surface area contributed by atoms with Crippen LogP contribution in [0, 0.1) is 6.92 Å². The summed E-state index contributed by atoms with van der Waals surface area (Å²) in [4.78, 5) is 23.3. The van der Waals surface area contributed by atoms with Crippen LogP contribution in [-0.2, 0) is 16.0 Å². The molecule has 0 saturated carbocycles. The van der Waals surface area contributed by atoms with E-state index in [1.807, 2.05) is 31.2 Å². The number of aliphatic carboxylic acids is 1. The van der Waals surface area contributed by atoms with Crippen LogP contribution in [0.1, 0.15) is 11.1 Å². The molecule has 0 saturated heterocycles. The SMILES string of the molecule is Cc1ccc(CC(=O)Nc2ccc(SCC(=O)O)cc2)cc1. The highest BCUT2D eigenvalue weighted by molar-refractivity contribution is 8.00. The molecule has 2 rings (SSSR count). The molecule has 0 bridgehead atoms. The van der Waals surface area contributed by atoms with Gasteiger partial charge in [0.15, 0.2) is 0 Å². The largest absolute Gasteiger partial charge is 0.481 e. The molecule has 0 aliphatic carbocycles. The summed E-state index contributed by atoms with van der Waals surface area (Å²) in [6, 6.07) is 15.0. The van der Waals surface area contributed by atoms with Gasteiger partial charge in [-0.2, -0.15) is 0 Å². The number of anilines is 1. The number of thioether (sulfide) groups is 1. The van der Waals surface area contributed by atoms with Gasteiger partial charge in [0.1, 0.15) is 0 Å². The Balaban J connectivity index is 1.88. The maximum absolute atomic E-state index is 12.0. The van der Waals surface area contributed by atoms with Gasteiger partial charge in [0.25, 0.3) is 0 Å². The summed E-state index contributed by atoms with van der Waals surface area (Å²) in [7, 11) is 0. The molecule has 4 nitrogen and oxygen atoms in total. The molecule has 0 atom stereocenters. The predicted octanol–water partition coefficient (Wildman–Crippen LogP) is 3.35. The second-order valence-corrected chi connectivity index (χ2v) is 5.97. The van der Waals surface area contributed by atoms with Crippen LogP contribution in [0.5, 0.6) is 0 Å². The zero-order chi connectivity index (χ0) is 15.9. The molecule has 0 fully saturated rings. The van der Waals surface area contributed by atoms with Gasteiger partial charge in [-0.25, -0.2) is 0 Å². The lowest BCUT2D eigenvalue weighted by molar-refractivity contribution is -0.133. The predicted molar refractivity (Wildman–Crippen MR) is 88.3 cm³/mol. The zero-order valence-electron chi connectivity index (χ0n) is 12.2. The second-order valence-electron chi connectivity index (χ2n) is 4.92. The fourth-order valence-corrected chi connectivity index (χ4v) is 2.49. The highest BCUT2D eigenvalue weighted by atomic mass is 32.2. The second kappa shape index (κ2) is 7.66. The van der Waals surface area contributed by atoms with E-state index in [1.54, 1.807) is 24.3 Å². The van der Waals surface area contributed by atoms with Gasteiger partial charge < -0.3 is 10.4 Å². The minimum Gasteiger partial charge on any atom is -0.481 e. The molecular weight excluding hydrogens is 298 g/mol. The number of benzene rings is 2. The van der Waals surface area contributed by atoms with Gasteiger partial charge in [0.05, 0.1) is 12.2 Å². The summed E-state index contributed by atoms with van der Waals surface area (Å²) in [5.41, 5.74) is 2.84. The standard InChI is InChI=1S/C17H17NO3S/c1-12-2-4-13(5-3-12)10-16(19)18-14-6-8-15(9-7-14)22-11-17(20)21/h2-9H,10-11H2,1H3,(H,18,19)(H,20,21). The Hall–Kier alpha value is -2.27. The first-order valence-electron chi connectivity index (χ1n) is 6.83. The normalized spacial score (nSPS) is 10.2. The van der Waals surface area contributed by atoms with Crippen molar-refractivity contribution in [1.29, 1.82) is 0 Å². The molecule has 0 aliphatic rings. The highest BCUT2D eigenvalue weighted by Gasteiger charge is 2.05. The summed E-state index contributed by atoms with van der Waals surface area (Å²) < 4.78 is 0. The average Bonchev–Trinajstić information content (AvgIpc) is 2.49. The first-order chi connectivity index (χ1) is 10.5. The lowest BCUT2D eigenvalue weighted by atomic mass is 10.1. The number of aryl methyl sites for hydroxylation is 1. The monoisotopic (exact) mass is 315 g/mol. The van der Waals surface area contributed by atoms with Crippen molar-refractivity contribution >= 4 is 29.3 Å². The van der Waals surface area contributed by atoms with Gasteiger partial charge in [-0.1, -0.05) is 29.8 Å².